The van der Waals surface area contributed by atoms with Gasteiger partial charge in [0, 0.05) is 7.05 Å². The van der Waals surface area contributed by atoms with Gasteiger partial charge < -0.3 is 9.47 Å². The number of fused-ring (bicyclic) bond motifs is 3. The van der Waals surface area contributed by atoms with Crippen molar-refractivity contribution >= 4 is 17.3 Å². The fourth-order valence-corrected chi connectivity index (χ4v) is 4.31. The Labute approximate surface area is 149 Å². The molecule has 25 heavy (non-hydrogen) atoms. The molecule has 4 rings (SSSR count). The zero-order valence-electron chi connectivity index (χ0n) is 14.1. The second-order valence-corrected chi connectivity index (χ2v) is 6.83. The Bertz CT molecular complexity index is 928. The Morgan fingerprint density at radius 1 is 1.28 bits per heavy atom. The Morgan fingerprint density at radius 3 is 2.84 bits per heavy atom. The van der Waals surface area contributed by atoms with E-state index in [0.29, 0.717) is 16.5 Å². The lowest BCUT2D eigenvalue weighted by molar-refractivity contribution is 0.0531. The van der Waals surface area contributed by atoms with Crippen LogP contribution < -0.4 is 4.74 Å². The highest BCUT2D eigenvalue weighted by Crippen LogP contribution is 2.48. The van der Waals surface area contributed by atoms with Gasteiger partial charge in [0.1, 0.15) is 10.6 Å². The summed E-state index contributed by atoms with van der Waals surface area (Å²) in [6.07, 6.45) is 3.55. The van der Waals surface area contributed by atoms with E-state index >= 15 is 0 Å². The molecule has 0 fully saturated rings. The lowest BCUT2D eigenvalue weighted by atomic mass is 9.91. The smallest absolute Gasteiger partial charge is 0.348 e. The van der Waals surface area contributed by atoms with E-state index in [0.717, 1.165) is 35.4 Å². The zero-order chi connectivity index (χ0) is 17.4. The van der Waals surface area contributed by atoms with E-state index in [9.17, 15) is 4.79 Å². The highest BCUT2D eigenvalue weighted by atomic mass is 32.1. The number of carbonyl (C=O) groups is 1. The molecule has 0 unspecified atom stereocenters. The average Bonchev–Trinajstić information content (AvgIpc) is 3.17. The van der Waals surface area contributed by atoms with Crippen LogP contribution in [0, 0.1) is 0 Å². The molecule has 0 bridgehead atoms. The Hall–Kier alpha value is -2.60. The summed E-state index contributed by atoms with van der Waals surface area (Å²) in [5.74, 6) is 0.466. The summed E-state index contributed by atoms with van der Waals surface area (Å²) in [5, 5.41) is 5.10. The second kappa shape index (κ2) is 6.37. The van der Waals surface area contributed by atoms with Gasteiger partial charge in [0.05, 0.1) is 24.1 Å². The van der Waals surface area contributed by atoms with E-state index in [1.807, 2.05) is 55.2 Å². The molecular formula is C19H18N2O3S. The highest BCUT2D eigenvalue weighted by Gasteiger charge is 2.32. The van der Waals surface area contributed by atoms with Crippen LogP contribution in [0.25, 0.3) is 11.3 Å². The van der Waals surface area contributed by atoms with Crippen LogP contribution in [0.5, 0.6) is 10.8 Å². The van der Waals surface area contributed by atoms with Crippen LogP contribution in [0.15, 0.2) is 36.5 Å². The second-order valence-electron chi connectivity index (χ2n) is 5.85. The first-order chi connectivity index (χ1) is 12.2. The summed E-state index contributed by atoms with van der Waals surface area (Å²) in [7, 11) is 1.92. The van der Waals surface area contributed by atoms with Crippen molar-refractivity contribution in [2.45, 2.75) is 19.8 Å². The van der Waals surface area contributed by atoms with Gasteiger partial charge in [-0.05, 0) is 43.0 Å². The molecule has 0 radical (unpaired) electrons. The van der Waals surface area contributed by atoms with Gasteiger partial charge in [0.25, 0.3) is 0 Å². The van der Waals surface area contributed by atoms with Gasteiger partial charge in [-0.3, -0.25) is 4.68 Å². The molecule has 2 heterocycles. The van der Waals surface area contributed by atoms with Crippen molar-refractivity contribution in [3.8, 4) is 22.1 Å². The van der Waals surface area contributed by atoms with E-state index in [-0.39, 0.29) is 5.97 Å². The van der Waals surface area contributed by atoms with E-state index < -0.39 is 0 Å². The summed E-state index contributed by atoms with van der Waals surface area (Å²) < 4.78 is 13.2. The molecule has 0 saturated carbocycles. The highest BCUT2D eigenvalue weighted by molar-refractivity contribution is 7.16. The summed E-state index contributed by atoms with van der Waals surface area (Å²) in [6, 6.07) is 9.61. The van der Waals surface area contributed by atoms with Crippen molar-refractivity contribution in [2.24, 2.45) is 7.05 Å². The number of hydrogen-bond donors (Lipinski definition) is 0. The minimum absolute atomic E-state index is 0.280. The number of aromatic nitrogens is 2. The molecular weight excluding hydrogens is 336 g/mol. The number of para-hydroxylation sites is 1. The van der Waals surface area contributed by atoms with Gasteiger partial charge in [0.2, 0.25) is 0 Å². The van der Waals surface area contributed by atoms with Gasteiger partial charge >= 0.3 is 5.97 Å². The number of hydrogen-bond acceptors (Lipinski definition) is 5. The maximum atomic E-state index is 12.4. The molecule has 128 valence electrons. The van der Waals surface area contributed by atoms with Crippen LogP contribution in [0.3, 0.4) is 0 Å². The number of ether oxygens (including phenoxy) is 2. The third-order valence-electron chi connectivity index (χ3n) is 4.29. The molecule has 5 nitrogen and oxygen atoms in total. The largest absolute Gasteiger partial charge is 0.462 e. The zero-order valence-corrected chi connectivity index (χ0v) is 14.9. The number of nitrogens with zero attached hydrogens (tertiary/aromatic N) is 2. The quantitative estimate of drug-likeness (QED) is 0.659. The van der Waals surface area contributed by atoms with Crippen LogP contribution in [0.2, 0.25) is 0 Å². The number of thiophene rings is 1. The predicted octanol–water partition coefficient (Wildman–Crippen LogP) is 4.22. The minimum Gasteiger partial charge on any atom is -0.462 e. The SMILES string of the molecule is CCOC(=O)c1sc(Oc2ccccc2)c2c1CCc1cnn(C)c1-2. The van der Waals surface area contributed by atoms with Crippen molar-refractivity contribution in [3.05, 3.63) is 52.5 Å². The molecule has 0 spiro atoms. The van der Waals surface area contributed by atoms with Crippen LogP contribution >= 0.6 is 11.3 Å². The van der Waals surface area contributed by atoms with Crippen LogP contribution in [0.4, 0.5) is 0 Å². The molecule has 1 aliphatic rings. The topological polar surface area (TPSA) is 53.4 Å². The average molecular weight is 354 g/mol. The lowest BCUT2D eigenvalue weighted by Crippen LogP contribution is -2.10. The van der Waals surface area contributed by atoms with Crippen molar-refractivity contribution in [3.63, 3.8) is 0 Å². The number of carbonyl (C=O) groups excluding carboxylic acids is 1. The summed E-state index contributed by atoms with van der Waals surface area (Å²) >= 11 is 1.36. The van der Waals surface area contributed by atoms with Gasteiger partial charge in [-0.1, -0.05) is 29.5 Å². The molecule has 0 amide bonds. The molecule has 3 aromatic rings. The maximum Gasteiger partial charge on any atom is 0.348 e. The van der Waals surface area contributed by atoms with Crippen molar-refractivity contribution < 1.29 is 14.3 Å². The first kappa shape index (κ1) is 15.9. The van der Waals surface area contributed by atoms with Crippen LogP contribution in [0.1, 0.15) is 27.7 Å². The van der Waals surface area contributed by atoms with Gasteiger partial charge in [0.15, 0.2) is 5.06 Å². The minimum atomic E-state index is -0.280. The normalized spacial score (nSPS) is 12.4. The monoisotopic (exact) mass is 354 g/mol. The molecule has 1 aromatic carbocycles. The van der Waals surface area contributed by atoms with E-state index in [1.54, 1.807) is 0 Å². The van der Waals surface area contributed by atoms with Crippen molar-refractivity contribution in [1.82, 2.24) is 9.78 Å². The Kier molecular flexibility index (Phi) is 4.05. The molecule has 2 aromatic heterocycles. The summed E-state index contributed by atoms with van der Waals surface area (Å²) in [5.41, 5.74) is 4.18. The number of esters is 1. The van der Waals surface area contributed by atoms with Crippen molar-refractivity contribution in [1.29, 1.82) is 0 Å². The Balaban J connectivity index is 1.87. The number of aryl methyl sites for hydroxylation is 2. The van der Waals surface area contributed by atoms with E-state index in [4.69, 9.17) is 9.47 Å². The molecule has 6 heteroatoms. The first-order valence-electron chi connectivity index (χ1n) is 8.26. The summed E-state index contributed by atoms with van der Waals surface area (Å²) in [4.78, 5) is 13.1. The fourth-order valence-electron chi connectivity index (χ4n) is 3.20. The van der Waals surface area contributed by atoms with Crippen LogP contribution in [-0.2, 0) is 24.6 Å². The number of benzene rings is 1. The Morgan fingerprint density at radius 2 is 2.08 bits per heavy atom. The third kappa shape index (κ3) is 2.72. The van der Waals surface area contributed by atoms with E-state index in [1.165, 1.54) is 16.9 Å². The third-order valence-corrected chi connectivity index (χ3v) is 5.38. The summed E-state index contributed by atoms with van der Waals surface area (Å²) in [6.45, 7) is 2.18. The van der Waals surface area contributed by atoms with Crippen molar-refractivity contribution in [2.75, 3.05) is 6.61 Å². The van der Waals surface area contributed by atoms with Gasteiger partial charge in [-0.2, -0.15) is 5.10 Å². The molecule has 0 atom stereocenters. The molecule has 0 N–H and O–H groups in total. The first-order valence-corrected chi connectivity index (χ1v) is 9.07. The van der Waals surface area contributed by atoms with Gasteiger partial charge in [-0.15, -0.1) is 0 Å². The molecule has 1 aliphatic carbocycles. The lowest BCUT2D eigenvalue weighted by Gasteiger charge is -2.16. The fraction of sp³-hybridized carbons (Fsp3) is 0.263. The van der Waals surface area contributed by atoms with Gasteiger partial charge in [-0.25, -0.2) is 4.79 Å². The number of rotatable bonds is 4. The van der Waals surface area contributed by atoms with E-state index in [2.05, 4.69) is 5.10 Å². The predicted molar refractivity (Wildman–Crippen MR) is 96.4 cm³/mol. The maximum absolute atomic E-state index is 12.4. The molecule has 0 aliphatic heterocycles. The van der Waals surface area contributed by atoms with Crippen LogP contribution in [-0.4, -0.2) is 22.4 Å². The standard InChI is InChI=1S/C19H18N2O3S/c1-3-23-18(22)17-14-10-9-12-11-20-21(2)16(12)15(14)19(25-17)24-13-7-5-4-6-8-13/h4-8,11H,3,9-10H2,1-2H3. The molecule has 0 saturated heterocycles.